The maximum absolute atomic E-state index is 13.5. The van der Waals surface area contributed by atoms with Gasteiger partial charge in [0.2, 0.25) is 0 Å². The van der Waals surface area contributed by atoms with Gasteiger partial charge in [-0.05, 0) is 12.1 Å². The molecule has 1 aromatic carbocycles. The first kappa shape index (κ1) is 11.8. The van der Waals surface area contributed by atoms with Crippen LogP contribution >= 0.6 is 11.6 Å². The molecular weight excluding hydrogens is 248 g/mol. The zero-order valence-corrected chi connectivity index (χ0v) is 9.55. The molecule has 0 spiro atoms. The number of halogens is 3. The highest BCUT2D eigenvalue weighted by atomic mass is 35.5. The van der Waals surface area contributed by atoms with E-state index in [-0.39, 0.29) is 10.7 Å². The van der Waals surface area contributed by atoms with Crippen molar-refractivity contribution in [2.45, 2.75) is 0 Å². The zero-order chi connectivity index (χ0) is 12.4. The first-order chi connectivity index (χ1) is 8.11. The molecule has 2 aromatic rings. The van der Waals surface area contributed by atoms with Crippen LogP contribution in [-0.2, 0) is 0 Å². The molecule has 1 aromatic heterocycles. The topological polar surface area (TPSA) is 22.1 Å². The van der Waals surface area contributed by atoms with Crippen molar-refractivity contribution in [1.82, 2.24) is 4.98 Å². The van der Waals surface area contributed by atoms with E-state index >= 15 is 0 Å². The SMILES string of the molecule is COc1c[c]c(Cl)c(-c2ncc(F)cc2F)c1. The fourth-order valence-electron chi connectivity index (χ4n) is 1.36. The van der Waals surface area contributed by atoms with Crippen molar-refractivity contribution in [2.75, 3.05) is 7.11 Å². The Morgan fingerprint density at radius 3 is 2.76 bits per heavy atom. The van der Waals surface area contributed by atoms with Gasteiger partial charge in [0.25, 0.3) is 0 Å². The van der Waals surface area contributed by atoms with Crippen LogP contribution in [-0.4, -0.2) is 12.1 Å². The number of hydrogen-bond acceptors (Lipinski definition) is 2. The molecule has 0 amide bonds. The van der Waals surface area contributed by atoms with Gasteiger partial charge in [-0.1, -0.05) is 11.6 Å². The van der Waals surface area contributed by atoms with Gasteiger partial charge >= 0.3 is 0 Å². The predicted molar refractivity (Wildman–Crippen MR) is 60.0 cm³/mol. The summed E-state index contributed by atoms with van der Waals surface area (Å²) in [6.45, 7) is 0. The largest absolute Gasteiger partial charge is 0.497 e. The first-order valence-corrected chi connectivity index (χ1v) is 5.06. The van der Waals surface area contributed by atoms with Crippen LogP contribution in [0.2, 0.25) is 5.02 Å². The molecule has 2 nitrogen and oxygen atoms in total. The molecule has 0 aliphatic carbocycles. The van der Waals surface area contributed by atoms with Gasteiger partial charge < -0.3 is 4.74 Å². The lowest BCUT2D eigenvalue weighted by Gasteiger charge is -2.07. The maximum Gasteiger partial charge on any atom is 0.152 e. The number of hydrogen-bond donors (Lipinski definition) is 0. The summed E-state index contributed by atoms with van der Waals surface area (Å²) in [5.74, 6) is -1.06. The Morgan fingerprint density at radius 1 is 1.35 bits per heavy atom. The van der Waals surface area contributed by atoms with E-state index in [0.29, 0.717) is 11.3 Å². The van der Waals surface area contributed by atoms with E-state index in [1.54, 1.807) is 0 Å². The van der Waals surface area contributed by atoms with Gasteiger partial charge in [-0.15, -0.1) is 0 Å². The van der Waals surface area contributed by atoms with Crippen molar-refractivity contribution in [2.24, 2.45) is 0 Å². The molecule has 5 heteroatoms. The number of methoxy groups -OCH3 is 1. The summed E-state index contributed by atoms with van der Waals surface area (Å²) in [5.41, 5.74) is 0.273. The van der Waals surface area contributed by atoms with Crippen molar-refractivity contribution < 1.29 is 13.5 Å². The average molecular weight is 255 g/mol. The fourth-order valence-corrected chi connectivity index (χ4v) is 1.56. The Kier molecular flexibility index (Phi) is 3.24. The van der Waals surface area contributed by atoms with Crippen LogP contribution < -0.4 is 4.74 Å². The third kappa shape index (κ3) is 2.36. The van der Waals surface area contributed by atoms with Crippen molar-refractivity contribution in [1.29, 1.82) is 0 Å². The van der Waals surface area contributed by atoms with Gasteiger partial charge in [0.1, 0.15) is 17.3 Å². The molecule has 1 radical (unpaired) electrons. The lowest BCUT2D eigenvalue weighted by atomic mass is 10.1. The second-order valence-corrected chi connectivity index (χ2v) is 3.63. The van der Waals surface area contributed by atoms with Crippen LogP contribution in [0.5, 0.6) is 5.75 Å². The number of rotatable bonds is 2. The quantitative estimate of drug-likeness (QED) is 0.818. The molecule has 17 heavy (non-hydrogen) atoms. The second kappa shape index (κ2) is 4.67. The van der Waals surface area contributed by atoms with Crippen molar-refractivity contribution >= 4 is 11.6 Å². The van der Waals surface area contributed by atoms with Gasteiger partial charge in [0.15, 0.2) is 5.82 Å². The van der Waals surface area contributed by atoms with Gasteiger partial charge in [-0.2, -0.15) is 0 Å². The molecule has 1 heterocycles. The van der Waals surface area contributed by atoms with E-state index in [0.717, 1.165) is 12.3 Å². The summed E-state index contributed by atoms with van der Waals surface area (Å²) in [6, 6.07) is 6.49. The Labute approximate surface area is 102 Å². The highest BCUT2D eigenvalue weighted by Crippen LogP contribution is 2.31. The van der Waals surface area contributed by atoms with Crippen LogP contribution in [0.3, 0.4) is 0 Å². The molecule has 0 bridgehead atoms. The van der Waals surface area contributed by atoms with E-state index in [9.17, 15) is 8.78 Å². The summed E-state index contributed by atoms with van der Waals surface area (Å²) < 4.78 is 31.3. The van der Waals surface area contributed by atoms with Gasteiger partial charge in [-0.25, -0.2) is 8.78 Å². The van der Waals surface area contributed by atoms with Crippen LogP contribution in [0.15, 0.2) is 24.4 Å². The van der Waals surface area contributed by atoms with Crippen molar-refractivity contribution in [3.8, 4) is 17.0 Å². The van der Waals surface area contributed by atoms with Crippen molar-refractivity contribution in [3.05, 3.63) is 47.1 Å². The first-order valence-electron chi connectivity index (χ1n) is 4.68. The molecule has 0 aliphatic heterocycles. The van der Waals surface area contributed by atoms with Gasteiger partial charge in [0, 0.05) is 17.7 Å². The highest BCUT2D eigenvalue weighted by Gasteiger charge is 2.12. The molecule has 0 aliphatic rings. The number of benzene rings is 1. The number of aromatic nitrogens is 1. The molecule has 87 valence electrons. The van der Waals surface area contributed by atoms with E-state index in [2.05, 4.69) is 11.1 Å². The predicted octanol–water partition coefficient (Wildman–Crippen LogP) is 3.49. The molecule has 0 saturated carbocycles. The number of pyridine rings is 1. The zero-order valence-electron chi connectivity index (χ0n) is 8.80. The minimum atomic E-state index is -0.784. The van der Waals surface area contributed by atoms with Crippen LogP contribution in [0, 0.1) is 17.7 Å². The highest BCUT2D eigenvalue weighted by molar-refractivity contribution is 6.33. The standard InChI is InChI=1S/C12H7ClF2NO/c1-17-8-2-3-10(13)9(5-8)12-11(15)4-7(14)6-16-12/h2,4-6H,1H3. The molecule has 2 rings (SSSR count). The summed E-state index contributed by atoms with van der Waals surface area (Å²) in [5, 5.41) is 0.198. The second-order valence-electron chi connectivity index (χ2n) is 3.25. The lowest BCUT2D eigenvalue weighted by molar-refractivity contribution is 0.415. The molecule has 0 N–H and O–H groups in total. The third-order valence-corrected chi connectivity index (χ3v) is 2.48. The van der Waals surface area contributed by atoms with Crippen LogP contribution in [0.1, 0.15) is 0 Å². The smallest absolute Gasteiger partial charge is 0.152 e. The van der Waals surface area contributed by atoms with Gasteiger partial charge in [0.05, 0.1) is 18.3 Å². The lowest BCUT2D eigenvalue weighted by Crippen LogP contribution is -1.93. The van der Waals surface area contributed by atoms with Crippen LogP contribution in [0.25, 0.3) is 11.3 Å². The normalized spacial score (nSPS) is 10.4. The van der Waals surface area contributed by atoms with Crippen molar-refractivity contribution in [3.63, 3.8) is 0 Å². The van der Waals surface area contributed by atoms with E-state index < -0.39 is 11.6 Å². The summed E-state index contributed by atoms with van der Waals surface area (Å²) in [7, 11) is 1.47. The van der Waals surface area contributed by atoms with Gasteiger partial charge in [-0.3, -0.25) is 4.98 Å². The summed E-state index contributed by atoms with van der Waals surface area (Å²) in [6.07, 6.45) is 0.925. The molecule has 0 fully saturated rings. The third-order valence-electron chi connectivity index (χ3n) is 2.16. The maximum atomic E-state index is 13.5. The monoisotopic (exact) mass is 254 g/mol. The van der Waals surface area contributed by atoms with E-state index in [4.69, 9.17) is 16.3 Å². The minimum absolute atomic E-state index is 0.0356. The van der Waals surface area contributed by atoms with E-state index in [1.807, 2.05) is 0 Å². The number of nitrogens with zero attached hydrogens (tertiary/aromatic N) is 1. The summed E-state index contributed by atoms with van der Waals surface area (Å²) >= 11 is 5.89. The average Bonchev–Trinajstić information content (AvgIpc) is 2.30. The summed E-state index contributed by atoms with van der Waals surface area (Å²) in [4.78, 5) is 3.67. The Bertz CT molecular complexity index is 560. The molecular formula is C12H7ClF2NO. The molecule has 0 saturated heterocycles. The Morgan fingerprint density at radius 2 is 2.12 bits per heavy atom. The fraction of sp³-hybridized carbons (Fsp3) is 0.0833. The molecule has 0 unspecified atom stereocenters. The minimum Gasteiger partial charge on any atom is -0.497 e. The Hall–Kier alpha value is -1.68. The Balaban J connectivity index is 2.59. The van der Waals surface area contributed by atoms with Crippen LogP contribution in [0.4, 0.5) is 8.78 Å². The molecule has 0 atom stereocenters. The number of ether oxygens (including phenoxy) is 1. The van der Waals surface area contributed by atoms with E-state index in [1.165, 1.54) is 19.2 Å².